The van der Waals surface area contributed by atoms with Gasteiger partial charge in [0, 0.05) is 5.56 Å². The molecule has 0 radical (unpaired) electrons. The molecule has 25 heavy (non-hydrogen) atoms. The molecule has 130 valence electrons. The molecule has 2 amide bonds. The van der Waals surface area contributed by atoms with Crippen molar-refractivity contribution in [3.63, 3.8) is 0 Å². The van der Waals surface area contributed by atoms with E-state index in [9.17, 15) is 4.79 Å². The second-order valence-electron chi connectivity index (χ2n) is 5.52. The fourth-order valence-electron chi connectivity index (χ4n) is 2.64. The first-order valence-electron chi connectivity index (χ1n) is 7.84. The largest absolute Gasteiger partial charge is 0.497 e. The Labute approximate surface area is 145 Å². The quantitative estimate of drug-likeness (QED) is 0.748. The molecule has 1 aromatic heterocycles. The number of carbonyl (C=O) groups is 1. The maximum Gasteiger partial charge on any atom is 0.334 e. The Balaban J connectivity index is 1.74. The summed E-state index contributed by atoms with van der Waals surface area (Å²) in [7, 11) is 3.19. The minimum atomic E-state index is -0.347. The molecule has 0 aliphatic carbocycles. The van der Waals surface area contributed by atoms with E-state index in [1.165, 1.54) is 0 Å². The first kappa shape index (κ1) is 16.6. The number of imidazole rings is 1. The number of ether oxygens (including phenoxy) is 2. The van der Waals surface area contributed by atoms with Crippen LogP contribution >= 0.6 is 0 Å². The fraction of sp³-hybridized carbons (Fsp3) is 0.222. The SMILES string of the molecule is COc1ccc(OC)c(C(C)NC(=O)Nn2cnc3ccccc32)c1. The van der Waals surface area contributed by atoms with Crippen LogP contribution < -0.4 is 20.2 Å². The zero-order valence-corrected chi connectivity index (χ0v) is 14.3. The molecule has 0 saturated carbocycles. The van der Waals surface area contributed by atoms with Gasteiger partial charge >= 0.3 is 6.03 Å². The Morgan fingerprint density at radius 3 is 2.72 bits per heavy atom. The number of nitrogens with one attached hydrogen (secondary N) is 2. The van der Waals surface area contributed by atoms with Crippen molar-refractivity contribution in [2.75, 3.05) is 19.6 Å². The summed E-state index contributed by atoms with van der Waals surface area (Å²) < 4.78 is 12.2. The van der Waals surface area contributed by atoms with Gasteiger partial charge in [-0.1, -0.05) is 12.1 Å². The fourth-order valence-corrected chi connectivity index (χ4v) is 2.64. The summed E-state index contributed by atoms with van der Waals surface area (Å²) >= 11 is 0. The second-order valence-corrected chi connectivity index (χ2v) is 5.52. The Kier molecular flexibility index (Phi) is 4.74. The Morgan fingerprint density at radius 1 is 1.16 bits per heavy atom. The number of carbonyl (C=O) groups excluding carboxylic acids is 1. The number of amides is 2. The first-order valence-corrected chi connectivity index (χ1v) is 7.84. The molecule has 7 nitrogen and oxygen atoms in total. The zero-order valence-electron chi connectivity index (χ0n) is 14.3. The number of aromatic nitrogens is 2. The third-order valence-corrected chi connectivity index (χ3v) is 3.93. The van der Waals surface area contributed by atoms with Crippen LogP contribution in [0.4, 0.5) is 4.79 Å². The smallest absolute Gasteiger partial charge is 0.334 e. The van der Waals surface area contributed by atoms with E-state index in [2.05, 4.69) is 15.7 Å². The third kappa shape index (κ3) is 3.50. The van der Waals surface area contributed by atoms with Gasteiger partial charge in [0.2, 0.25) is 0 Å². The van der Waals surface area contributed by atoms with E-state index < -0.39 is 0 Å². The Morgan fingerprint density at radius 2 is 1.96 bits per heavy atom. The van der Waals surface area contributed by atoms with Crippen LogP contribution in [0.25, 0.3) is 11.0 Å². The van der Waals surface area contributed by atoms with E-state index in [0.29, 0.717) is 11.5 Å². The summed E-state index contributed by atoms with van der Waals surface area (Å²) in [5.41, 5.74) is 5.22. The molecular weight excluding hydrogens is 320 g/mol. The number of fused-ring (bicyclic) bond motifs is 1. The molecular formula is C18H20N4O3. The lowest BCUT2D eigenvalue weighted by Crippen LogP contribution is -2.35. The van der Waals surface area contributed by atoms with E-state index in [-0.39, 0.29) is 12.1 Å². The lowest BCUT2D eigenvalue weighted by molar-refractivity contribution is 0.246. The summed E-state index contributed by atoms with van der Waals surface area (Å²) in [6, 6.07) is 12.4. The van der Waals surface area contributed by atoms with Crippen molar-refractivity contribution >= 4 is 17.1 Å². The predicted molar refractivity (Wildman–Crippen MR) is 95.6 cm³/mol. The van der Waals surface area contributed by atoms with Gasteiger partial charge in [-0.05, 0) is 37.3 Å². The molecule has 0 aliphatic rings. The Hall–Kier alpha value is -3.22. The van der Waals surface area contributed by atoms with Gasteiger partial charge in [-0.15, -0.1) is 0 Å². The molecule has 0 spiro atoms. The molecule has 0 bridgehead atoms. The maximum absolute atomic E-state index is 12.3. The van der Waals surface area contributed by atoms with Crippen molar-refractivity contribution in [1.29, 1.82) is 0 Å². The molecule has 1 atom stereocenters. The van der Waals surface area contributed by atoms with Crippen LogP contribution in [0.3, 0.4) is 0 Å². The van der Waals surface area contributed by atoms with Gasteiger partial charge < -0.3 is 14.8 Å². The molecule has 1 unspecified atom stereocenters. The number of nitrogens with zero attached hydrogens (tertiary/aromatic N) is 2. The molecule has 0 aliphatic heterocycles. The van der Waals surface area contributed by atoms with Crippen LogP contribution in [0.2, 0.25) is 0 Å². The van der Waals surface area contributed by atoms with E-state index in [4.69, 9.17) is 9.47 Å². The number of rotatable bonds is 5. The molecule has 1 heterocycles. The lowest BCUT2D eigenvalue weighted by Gasteiger charge is -2.19. The van der Waals surface area contributed by atoms with Crippen molar-refractivity contribution in [2.45, 2.75) is 13.0 Å². The monoisotopic (exact) mass is 340 g/mol. The number of benzene rings is 2. The van der Waals surface area contributed by atoms with Crippen LogP contribution in [-0.2, 0) is 0 Å². The van der Waals surface area contributed by atoms with Crippen LogP contribution in [0.5, 0.6) is 11.5 Å². The molecule has 2 N–H and O–H groups in total. The standard InChI is InChI=1S/C18H20N4O3/c1-12(14-10-13(24-2)8-9-17(14)25-3)20-18(23)21-22-11-19-15-6-4-5-7-16(15)22/h4-12H,1-3H3,(H2,20,21,23). The minimum Gasteiger partial charge on any atom is -0.497 e. The number of methoxy groups -OCH3 is 2. The zero-order chi connectivity index (χ0) is 17.8. The van der Waals surface area contributed by atoms with Crippen molar-refractivity contribution in [2.24, 2.45) is 0 Å². The number of hydrogen-bond acceptors (Lipinski definition) is 4. The molecule has 7 heteroatoms. The average Bonchev–Trinajstić information content (AvgIpc) is 3.04. The maximum atomic E-state index is 12.3. The van der Waals surface area contributed by atoms with Crippen molar-refractivity contribution in [1.82, 2.24) is 15.0 Å². The first-order chi connectivity index (χ1) is 12.1. The third-order valence-electron chi connectivity index (χ3n) is 3.93. The van der Waals surface area contributed by atoms with E-state index in [1.807, 2.05) is 49.4 Å². The predicted octanol–water partition coefficient (Wildman–Crippen LogP) is 3.07. The molecule has 3 aromatic rings. The lowest BCUT2D eigenvalue weighted by atomic mass is 10.1. The van der Waals surface area contributed by atoms with E-state index in [1.54, 1.807) is 25.2 Å². The summed E-state index contributed by atoms with van der Waals surface area (Å²) in [6.45, 7) is 1.88. The molecule has 0 saturated heterocycles. The van der Waals surface area contributed by atoms with Crippen LogP contribution in [0.1, 0.15) is 18.5 Å². The highest BCUT2D eigenvalue weighted by Crippen LogP contribution is 2.29. The number of hydrogen-bond donors (Lipinski definition) is 2. The number of urea groups is 1. The van der Waals surface area contributed by atoms with Crippen molar-refractivity contribution in [3.05, 3.63) is 54.4 Å². The topological polar surface area (TPSA) is 77.4 Å². The second kappa shape index (κ2) is 7.12. The van der Waals surface area contributed by atoms with Gasteiger partial charge in [0.05, 0.1) is 31.3 Å². The van der Waals surface area contributed by atoms with Crippen molar-refractivity contribution < 1.29 is 14.3 Å². The average molecular weight is 340 g/mol. The summed E-state index contributed by atoms with van der Waals surface area (Å²) in [6.07, 6.45) is 1.57. The minimum absolute atomic E-state index is 0.278. The van der Waals surface area contributed by atoms with Gasteiger partial charge in [0.25, 0.3) is 0 Å². The van der Waals surface area contributed by atoms with Crippen LogP contribution in [-0.4, -0.2) is 29.9 Å². The number of para-hydroxylation sites is 2. The van der Waals surface area contributed by atoms with Crippen LogP contribution in [0, 0.1) is 0 Å². The van der Waals surface area contributed by atoms with Gasteiger partial charge in [-0.25, -0.2) is 19.9 Å². The van der Waals surface area contributed by atoms with Gasteiger partial charge in [-0.3, -0.25) is 0 Å². The summed E-state index contributed by atoms with van der Waals surface area (Å²) in [5, 5.41) is 2.89. The summed E-state index contributed by atoms with van der Waals surface area (Å²) in [4.78, 5) is 16.6. The van der Waals surface area contributed by atoms with Gasteiger partial charge in [0.15, 0.2) is 0 Å². The van der Waals surface area contributed by atoms with Crippen molar-refractivity contribution in [3.8, 4) is 11.5 Å². The van der Waals surface area contributed by atoms with E-state index in [0.717, 1.165) is 16.6 Å². The van der Waals surface area contributed by atoms with Crippen LogP contribution in [0.15, 0.2) is 48.8 Å². The Bertz CT molecular complexity index is 891. The highest BCUT2D eigenvalue weighted by Gasteiger charge is 2.16. The highest BCUT2D eigenvalue weighted by atomic mass is 16.5. The molecule has 3 rings (SSSR count). The van der Waals surface area contributed by atoms with E-state index >= 15 is 0 Å². The van der Waals surface area contributed by atoms with Gasteiger partial charge in [0.1, 0.15) is 17.8 Å². The highest BCUT2D eigenvalue weighted by molar-refractivity contribution is 5.85. The summed E-state index contributed by atoms with van der Waals surface area (Å²) in [5.74, 6) is 1.38. The van der Waals surface area contributed by atoms with Gasteiger partial charge in [-0.2, -0.15) is 0 Å². The normalized spacial score (nSPS) is 11.8. The molecule has 0 fully saturated rings. The molecule has 2 aromatic carbocycles.